The Morgan fingerprint density at radius 2 is 1.92 bits per heavy atom. The van der Waals surface area contributed by atoms with Crippen LogP contribution in [-0.4, -0.2) is 15.7 Å². The van der Waals surface area contributed by atoms with Gasteiger partial charge in [0.1, 0.15) is 11.9 Å². The highest BCUT2D eigenvalue weighted by molar-refractivity contribution is 9.10. The normalized spacial score (nSPS) is 16.2. The van der Waals surface area contributed by atoms with Crippen LogP contribution < -0.4 is 5.32 Å². The molecule has 1 N–H and O–H groups in total. The number of rotatable bonds is 3. The number of carbonyl (C=O) groups is 1. The molecule has 4 rings (SSSR count). The van der Waals surface area contributed by atoms with Gasteiger partial charge in [0.15, 0.2) is 5.69 Å². The zero-order valence-electron chi connectivity index (χ0n) is 13.7. The van der Waals surface area contributed by atoms with Gasteiger partial charge in [-0.05, 0) is 48.0 Å². The van der Waals surface area contributed by atoms with Crippen LogP contribution in [0.3, 0.4) is 0 Å². The van der Waals surface area contributed by atoms with Crippen LogP contribution in [0, 0.1) is 5.82 Å². The number of hydrogen-bond donors (Lipinski definition) is 1. The van der Waals surface area contributed by atoms with Crippen LogP contribution >= 0.6 is 15.9 Å². The topological polar surface area (TPSA) is 56.2 Å². The Hall–Kier alpha value is -2.51. The minimum atomic E-state index is -0.350. The fourth-order valence-electron chi connectivity index (χ4n) is 2.84. The molecule has 0 spiro atoms. The molecule has 0 aliphatic carbocycles. The predicted molar refractivity (Wildman–Crippen MR) is 98.3 cm³/mol. The van der Waals surface area contributed by atoms with E-state index in [9.17, 15) is 9.18 Å². The molecule has 1 aromatic heterocycles. The molecule has 5 nitrogen and oxygen atoms in total. The van der Waals surface area contributed by atoms with E-state index in [1.165, 1.54) is 24.3 Å². The summed E-state index contributed by atoms with van der Waals surface area (Å²) in [6, 6.07) is 15.3. The van der Waals surface area contributed by atoms with E-state index in [2.05, 4.69) is 26.3 Å². The first kappa shape index (κ1) is 16.9. The predicted octanol–water partition coefficient (Wildman–Crippen LogP) is 4.31. The lowest BCUT2D eigenvalue weighted by atomic mass is 10.1. The van der Waals surface area contributed by atoms with Gasteiger partial charge in [0, 0.05) is 10.2 Å². The Bertz CT molecular complexity index is 938. The number of ether oxygens (including phenoxy) is 1. The van der Waals surface area contributed by atoms with Crippen molar-refractivity contribution in [2.24, 2.45) is 0 Å². The molecule has 0 saturated carbocycles. The molecule has 0 unspecified atom stereocenters. The Morgan fingerprint density at radius 1 is 1.19 bits per heavy atom. The summed E-state index contributed by atoms with van der Waals surface area (Å²) in [5.41, 5.74) is 2.74. The minimum absolute atomic E-state index is 0.108. The van der Waals surface area contributed by atoms with Crippen molar-refractivity contribution in [3.63, 3.8) is 0 Å². The van der Waals surface area contributed by atoms with Crippen molar-refractivity contribution in [1.82, 2.24) is 9.78 Å². The molecule has 0 radical (unpaired) electrons. The molecular formula is C19H15BrFN3O2. The fourth-order valence-corrected chi connectivity index (χ4v) is 3.11. The first-order valence-electron chi connectivity index (χ1n) is 8.09. The number of halogens is 2. The third kappa shape index (κ3) is 3.54. The Kier molecular flexibility index (Phi) is 4.57. The number of anilines is 1. The largest absolute Gasteiger partial charge is 0.365 e. The van der Waals surface area contributed by atoms with Crippen LogP contribution in [0.1, 0.15) is 27.8 Å². The van der Waals surface area contributed by atoms with Crippen LogP contribution in [0.25, 0.3) is 0 Å². The van der Waals surface area contributed by atoms with Crippen molar-refractivity contribution in [3.05, 3.63) is 81.8 Å². The lowest BCUT2D eigenvalue weighted by Gasteiger charge is -2.24. The fraction of sp³-hybridized carbons (Fsp3) is 0.158. The molecule has 132 valence electrons. The van der Waals surface area contributed by atoms with Crippen LogP contribution in [0.4, 0.5) is 10.1 Å². The van der Waals surface area contributed by atoms with Crippen LogP contribution in [0.15, 0.2) is 59.1 Å². The minimum Gasteiger partial charge on any atom is -0.365 e. The van der Waals surface area contributed by atoms with E-state index in [0.717, 1.165) is 15.7 Å². The highest BCUT2D eigenvalue weighted by Crippen LogP contribution is 2.27. The van der Waals surface area contributed by atoms with Gasteiger partial charge in [-0.2, -0.15) is 5.10 Å². The zero-order chi connectivity index (χ0) is 18.1. The summed E-state index contributed by atoms with van der Waals surface area (Å²) in [5, 5.41) is 7.12. The molecule has 1 atom stereocenters. The smallest absolute Gasteiger partial charge is 0.276 e. The number of nitrogens with zero attached hydrogens (tertiary/aromatic N) is 2. The number of aromatic nitrogens is 2. The van der Waals surface area contributed by atoms with E-state index < -0.39 is 0 Å². The van der Waals surface area contributed by atoms with E-state index in [1.807, 2.05) is 24.3 Å². The van der Waals surface area contributed by atoms with E-state index in [4.69, 9.17) is 4.74 Å². The van der Waals surface area contributed by atoms with Crippen molar-refractivity contribution in [2.75, 3.05) is 5.32 Å². The number of amides is 1. The van der Waals surface area contributed by atoms with Crippen molar-refractivity contribution >= 4 is 27.5 Å². The van der Waals surface area contributed by atoms with Crippen LogP contribution in [0.5, 0.6) is 0 Å². The number of benzene rings is 2. The van der Waals surface area contributed by atoms with Gasteiger partial charge in [0.05, 0.1) is 18.8 Å². The second-order valence-electron chi connectivity index (χ2n) is 6.02. The average molecular weight is 416 g/mol. The highest BCUT2D eigenvalue weighted by atomic mass is 79.9. The molecule has 2 aromatic carbocycles. The molecule has 0 saturated heterocycles. The quantitative estimate of drug-likeness (QED) is 0.693. The summed E-state index contributed by atoms with van der Waals surface area (Å²) in [6.07, 6.45) is -0.108. The van der Waals surface area contributed by atoms with E-state index >= 15 is 0 Å². The molecule has 1 aliphatic rings. The molecule has 0 bridgehead atoms. The van der Waals surface area contributed by atoms with Gasteiger partial charge in [0.25, 0.3) is 5.91 Å². The zero-order valence-corrected chi connectivity index (χ0v) is 15.2. The first-order chi connectivity index (χ1) is 12.6. The monoisotopic (exact) mass is 415 g/mol. The number of fused-ring (bicyclic) bond motifs is 1. The van der Waals surface area contributed by atoms with Crippen molar-refractivity contribution in [2.45, 2.75) is 19.3 Å². The molecule has 1 amide bonds. The van der Waals surface area contributed by atoms with Gasteiger partial charge in [-0.25, -0.2) is 4.39 Å². The molecule has 0 fully saturated rings. The SMILES string of the molecule is O=C(Nc1ccc(F)cc1)c1cc2n(n1)C[C@H](c1ccc(Br)cc1)OC2. The summed E-state index contributed by atoms with van der Waals surface area (Å²) < 4.78 is 21.7. The molecule has 3 aromatic rings. The number of hydrogen-bond acceptors (Lipinski definition) is 3. The molecule has 1 aliphatic heterocycles. The lowest BCUT2D eigenvalue weighted by molar-refractivity contribution is -0.00119. The second-order valence-corrected chi connectivity index (χ2v) is 6.93. The number of carbonyl (C=O) groups excluding carboxylic acids is 1. The van der Waals surface area contributed by atoms with Gasteiger partial charge < -0.3 is 10.1 Å². The van der Waals surface area contributed by atoms with Gasteiger partial charge in [0.2, 0.25) is 0 Å². The Labute approximate surface area is 157 Å². The Balaban J connectivity index is 1.49. The van der Waals surface area contributed by atoms with Crippen molar-refractivity contribution in [1.29, 1.82) is 0 Å². The summed E-state index contributed by atoms with van der Waals surface area (Å²) >= 11 is 3.42. The summed E-state index contributed by atoms with van der Waals surface area (Å²) in [4.78, 5) is 12.4. The Morgan fingerprint density at radius 3 is 2.65 bits per heavy atom. The molecule has 7 heteroatoms. The molecule has 2 heterocycles. The summed E-state index contributed by atoms with van der Waals surface area (Å²) in [7, 11) is 0. The standard InChI is InChI=1S/C19H15BrFN3O2/c20-13-3-1-12(2-4-13)18-10-24-16(11-26-18)9-17(23-24)19(25)22-15-7-5-14(21)6-8-15/h1-9,18H,10-11H2,(H,22,25)/t18-/m1/s1. The van der Waals surface area contributed by atoms with Crippen molar-refractivity contribution in [3.8, 4) is 0 Å². The maximum Gasteiger partial charge on any atom is 0.276 e. The highest BCUT2D eigenvalue weighted by Gasteiger charge is 2.24. The third-order valence-electron chi connectivity index (χ3n) is 4.21. The molecular weight excluding hydrogens is 401 g/mol. The van der Waals surface area contributed by atoms with E-state index in [-0.39, 0.29) is 17.8 Å². The lowest BCUT2D eigenvalue weighted by Crippen LogP contribution is -2.22. The van der Waals surface area contributed by atoms with Gasteiger partial charge in [-0.1, -0.05) is 28.1 Å². The third-order valence-corrected chi connectivity index (χ3v) is 4.74. The number of nitrogens with one attached hydrogen (secondary N) is 1. The van der Waals surface area contributed by atoms with Crippen LogP contribution in [-0.2, 0) is 17.9 Å². The molecule has 26 heavy (non-hydrogen) atoms. The van der Waals surface area contributed by atoms with Gasteiger partial charge in [-0.3, -0.25) is 9.48 Å². The van der Waals surface area contributed by atoms with E-state index in [0.29, 0.717) is 24.5 Å². The van der Waals surface area contributed by atoms with Crippen LogP contribution in [0.2, 0.25) is 0 Å². The van der Waals surface area contributed by atoms with Gasteiger partial charge >= 0.3 is 0 Å². The van der Waals surface area contributed by atoms with E-state index in [1.54, 1.807) is 10.7 Å². The maximum absolute atomic E-state index is 13.0. The summed E-state index contributed by atoms with van der Waals surface area (Å²) in [6.45, 7) is 0.929. The average Bonchev–Trinajstić information content (AvgIpc) is 3.08. The summed E-state index contributed by atoms with van der Waals surface area (Å²) in [5.74, 6) is -0.685. The van der Waals surface area contributed by atoms with Crippen molar-refractivity contribution < 1.29 is 13.9 Å². The van der Waals surface area contributed by atoms with Gasteiger partial charge in [-0.15, -0.1) is 0 Å². The second kappa shape index (κ2) is 7.01. The first-order valence-corrected chi connectivity index (χ1v) is 8.88. The maximum atomic E-state index is 13.0.